The van der Waals surface area contributed by atoms with Gasteiger partial charge in [0.25, 0.3) is 5.56 Å². The lowest BCUT2D eigenvalue weighted by molar-refractivity contribution is 0.122. The number of anilines is 1. The highest BCUT2D eigenvalue weighted by Gasteiger charge is 2.25. The van der Waals surface area contributed by atoms with Gasteiger partial charge in [-0.2, -0.15) is 5.26 Å². The number of aromatic nitrogens is 2. The first-order valence-corrected chi connectivity index (χ1v) is 10.8. The Morgan fingerprint density at radius 1 is 1.10 bits per heavy atom. The quantitative estimate of drug-likeness (QED) is 0.591. The van der Waals surface area contributed by atoms with E-state index in [1.54, 1.807) is 48.7 Å². The third kappa shape index (κ3) is 3.58. The van der Waals surface area contributed by atoms with Crippen LogP contribution in [0.4, 0.5) is 5.82 Å². The van der Waals surface area contributed by atoms with Crippen LogP contribution in [0.5, 0.6) is 0 Å². The van der Waals surface area contributed by atoms with Crippen LogP contribution in [-0.2, 0) is 14.6 Å². The molecule has 1 aliphatic rings. The van der Waals surface area contributed by atoms with E-state index in [2.05, 4.69) is 4.98 Å². The maximum absolute atomic E-state index is 13.2. The molecule has 0 bridgehead atoms. The molecule has 0 aliphatic carbocycles. The number of morpholine rings is 1. The summed E-state index contributed by atoms with van der Waals surface area (Å²) in [6.07, 6.45) is 2.69. The van der Waals surface area contributed by atoms with Crippen LogP contribution in [0.25, 0.3) is 11.7 Å². The molecule has 8 nitrogen and oxygen atoms in total. The predicted octanol–water partition coefficient (Wildman–Crippen LogP) is 1.87. The number of sulfone groups is 1. The molecule has 1 saturated heterocycles. The number of hydrogen-bond donors (Lipinski definition) is 0. The van der Waals surface area contributed by atoms with Crippen molar-refractivity contribution in [3.05, 3.63) is 75.6 Å². The summed E-state index contributed by atoms with van der Waals surface area (Å²) in [4.78, 5) is 19.1. The van der Waals surface area contributed by atoms with Gasteiger partial charge in [-0.3, -0.25) is 9.20 Å². The molecule has 152 valence electrons. The minimum Gasteiger partial charge on any atom is -0.378 e. The molecule has 1 fully saturated rings. The third-order valence-electron chi connectivity index (χ3n) is 4.79. The van der Waals surface area contributed by atoms with E-state index in [-0.39, 0.29) is 10.5 Å². The van der Waals surface area contributed by atoms with Crippen molar-refractivity contribution in [2.75, 3.05) is 31.2 Å². The van der Waals surface area contributed by atoms with Gasteiger partial charge >= 0.3 is 0 Å². The lowest BCUT2D eigenvalue weighted by atomic mass is 10.2. The number of rotatable bonds is 4. The maximum Gasteiger partial charge on any atom is 0.267 e. The molecule has 9 heteroatoms. The highest BCUT2D eigenvalue weighted by Crippen LogP contribution is 2.24. The fourth-order valence-electron chi connectivity index (χ4n) is 3.26. The molecule has 0 atom stereocenters. The number of nitriles is 1. The molecule has 3 aromatic rings. The number of fused-ring (bicyclic) bond motifs is 1. The zero-order valence-corrected chi connectivity index (χ0v) is 16.7. The van der Waals surface area contributed by atoms with E-state index in [0.717, 1.165) is 6.08 Å². The average Bonchev–Trinajstić information content (AvgIpc) is 2.79. The molecule has 1 aliphatic heterocycles. The Labute approximate surface area is 173 Å². The summed E-state index contributed by atoms with van der Waals surface area (Å²) in [5.74, 6) is 0.338. The van der Waals surface area contributed by atoms with Crippen LogP contribution in [0.1, 0.15) is 5.56 Å². The smallest absolute Gasteiger partial charge is 0.267 e. The predicted molar refractivity (Wildman–Crippen MR) is 112 cm³/mol. The molecule has 30 heavy (non-hydrogen) atoms. The molecule has 4 rings (SSSR count). The Balaban J connectivity index is 1.95. The number of pyridine rings is 1. The van der Waals surface area contributed by atoms with E-state index < -0.39 is 20.3 Å². The van der Waals surface area contributed by atoms with Gasteiger partial charge in [0.05, 0.1) is 23.7 Å². The summed E-state index contributed by atoms with van der Waals surface area (Å²) in [7, 11) is -4.09. The van der Waals surface area contributed by atoms with Crippen molar-refractivity contribution in [3.63, 3.8) is 0 Å². The molecule has 0 unspecified atom stereocenters. The third-order valence-corrected chi connectivity index (χ3v) is 6.47. The molecular weight excluding hydrogens is 404 g/mol. The first-order valence-electron chi connectivity index (χ1n) is 9.28. The highest BCUT2D eigenvalue weighted by atomic mass is 32.2. The van der Waals surface area contributed by atoms with E-state index in [1.807, 2.05) is 4.90 Å². The average molecular weight is 422 g/mol. The SMILES string of the molecule is N#C/C(=C\c1c(N2CCOCC2)nc2ccccn2c1=O)S(=O)(=O)c1ccccc1. The standard InChI is InChI=1S/C21H18N4O4S/c22-15-17(30(27,28)16-6-2-1-3-7-16)14-18-20(24-10-12-29-13-11-24)23-19-8-4-5-9-25(19)21(18)26/h1-9,14H,10-13H2/b17-14+. The maximum atomic E-state index is 13.2. The van der Waals surface area contributed by atoms with Gasteiger partial charge in [-0.15, -0.1) is 0 Å². The lowest BCUT2D eigenvalue weighted by Crippen LogP contribution is -2.38. The molecule has 0 N–H and O–H groups in total. The molecule has 0 spiro atoms. The number of hydrogen-bond acceptors (Lipinski definition) is 7. The van der Waals surface area contributed by atoms with Gasteiger partial charge in [-0.25, -0.2) is 13.4 Å². The van der Waals surface area contributed by atoms with E-state index in [1.165, 1.54) is 16.5 Å². The molecule has 0 amide bonds. The summed E-state index contributed by atoms with van der Waals surface area (Å²) >= 11 is 0. The van der Waals surface area contributed by atoms with Crippen LogP contribution >= 0.6 is 0 Å². The van der Waals surface area contributed by atoms with E-state index >= 15 is 0 Å². The number of ether oxygens (including phenoxy) is 1. The normalized spacial score (nSPS) is 15.2. The minimum atomic E-state index is -4.09. The fraction of sp³-hybridized carbons (Fsp3) is 0.190. The molecule has 0 radical (unpaired) electrons. The van der Waals surface area contributed by atoms with Gasteiger partial charge in [-0.05, 0) is 30.3 Å². The summed E-state index contributed by atoms with van der Waals surface area (Å²) in [5, 5.41) is 9.63. The number of benzene rings is 1. The zero-order valence-electron chi connectivity index (χ0n) is 15.9. The van der Waals surface area contributed by atoms with E-state index in [4.69, 9.17) is 4.74 Å². The fourth-order valence-corrected chi connectivity index (χ4v) is 4.42. The van der Waals surface area contributed by atoms with Crippen LogP contribution in [-0.4, -0.2) is 44.1 Å². The summed E-state index contributed by atoms with van der Waals surface area (Å²) in [6.45, 7) is 1.94. The Hall–Kier alpha value is -3.48. The molecular formula is C21H18N4O4S. The lowest BCUT2D eigenvalue weighted by Gasteiger charge is -2.29. The van der Waals surface area contributed by atoms with Gasteiger partial charge in [0, 0.05) is 19.3 Å². The van der Waals surface area contributed by atoms with Crippen LogP contribution < -0.4 is 10.5 Å². The van der Waals surface area contributed by atoms with Crippen LogP contribution in [0.3, 0.4) is 0 Å². The van der Waals surface area contributed by atoms with Gasteiger partial charge < -0.3 is 9.64 Å². The van der Waals surface area contributed by atoms with Crippen molar-refractivity contribution in [1.82, 2.24) is 9.38 Å². The molecule has 2 aromatic heterocycles. The second-order valence-electron chi connectivity index (χ2n) is 6.62. The van der Waals surface area contributed by atoms with Crippen molar-refractivity contribution in [2.24, 2.45) is 0 Å². The second kappa shape index (κ2) is 8.10. The van der Waals surface area contributed by atoms with Crippen LogP contribution in [0.2, 0.25) is 0 Å². The van der Waals surface area contributed by atoms with Gasteiger partial charge in [0.15, 0.2) is 0 Å². The van der Waals surface area contributed by atoms with Crippen molar-refractivity contribution in [1.29, 1.82) is 5.26 Å². The van der Waals surface area contributed by atoms with Crippen molar-refractivity contribution >= 4 is 27.4 Å². The first-order chi connectivity index (χ1) is 14.5. The monoisotopic (exact) mass is 422 g/mol. The van der Waals surface area contributed by atoms with Crippen LogP contribution in [0, 0.1) is 11.3 Å². The first kappa shape index (κ1) is 19.8. The second-order valence-corrected chi connectivity index (χ2v) is 8.54. The Bertz CT molecular complexity index is 1320. The van der Waals surface area contributed by atoms with E-state index in [9.17, 15) is 18.5 Å². The summed E-state index contributed by atoms with van der Waals surface area (Å²) in [5.41, 5.74) is 0.0420. The molecule has 1 aromatic carbocycles. The number of nitrogens with zero attached hydrogens (tertiary/aromatic N) is 4. The molecule has 3 heterocycles. The van der Waals surface area contributed by atoms with Gasteiger partial charge in [-0.1, -0.05) is 24.3 Å². The number of allylic oxidation sites excluding steroid dienone is 1. The zero-order chi connectivity index (χ0) is 21.1. The van der Waals surface area contributed by atoms with Gasteiger partial charge in [0.2, 0.25) is 9.84 Å². The Kier molecular flexibility index (Phi) is 5.35. The Morgan fingerprint density at radius 2 is 1.80 bits per heavy atom. The highest BCUT2D eigenvalue weighted by molar-refractivity contribution is 7.95. The largest absolute Gasteiger partial charge is 0.378 e. The van der Waals surface area contributed by atoms with Crippen molar-refractivity contribution in [2.45, 2.75) is 4.90 Å². The van der Waals surface area contributed by atoms with Gasteiger partial charge in [0.1, 0.15) is 22.4 Å². The van der Waals surface area contributed by atoms with E-state index in [0.29, 0.717) is 37.8 Å². The minimum absolute atomic E-state index is 0.0143. The van der Waals surface area contributed by atoms with Crippen molar-refractivity contribution < 1.29 is 13.2 Å². The van der Waals surface area contributed by atoms with Crippen LogP contribution in [0.15, 0.2) is 69.3 Å². The topological polar surface area (TPSA) is 105 Å². The van der Waals surface area contributed by atoms with Crippen molar-refractivity contribution in [3.8, 4) is 6.07 Å². The Morgan fingerprint density at radius 3 is 2.50 bits per heavy atom. The molecule has 0 saturated carbocycles. The summed E-state index contributed by atoms with van der Waals surface area (Å²) in [6, 6.07) is 14.6. The summed E-state index contributed by atoms with van der Waals surface area (Å²) < 4.78 is 32.7.